The van der Waals surface area contributed by atoms with E-state index in [1.807, 2.05) is 32.0 Å². The minimum absolute atomic E-state index is 0.193. The molecule has 2 amide bonds. The molecule has 2 N–H and O–H groups in total. The topological polar surface area (TPSA) is 71.1 Å². The first-order valence-electron chi connectivity index (χ1n) is 10.7. The first-order valence-corrected chi connectivity index (χ1v) is 11.0. The van der Waals surface area contributed by atoms with Crippen LogP contribution in [0, 0.1) is 12.8 Å². The van der Waals surface area contributed by atoms with Crippen LogP contribution in [0.3, 0.4) is 0 Å². The normalized spacial score (nSPS) is 11.8. The third kappa shape index (κ3) is 6.17. The zero-order chi connectivity index (χ0) is 23.3. The first kappa shape index (κ1) is 23.5. The molecular weight excluding hydrogens is 422 g/mol. The summed E-state index contributed by atoms with van der Waals surface area (Å²) in [6.07, 6.45) is 2.64. The highest BCUT2D eigenvalue weighted by Crippen LogP contribution is 2.26. The first-order chi connectivity index (χ1) is 15.2. The number of nitrogens with zero attached hydrogens (tertiary/aromatic N) is 1. The van der Waals surface area contributed by atoms with Gasteiger partial charge in [0.25, 0.3) is 5.91 Å². The fraction of sp³-hybridized carbons (Fsp3) is 0.269. The molecule has 2 aromatic carbocycles. The maximum atomic E-state index is 12.9. The summed E-state index contributed by atoms with van der Waals surface area (Å²) in [5, 5.41) is 5.98. The molecule has 0 spiro atoms. The summed E-state index contributed by atoms with van der Waals surface area (Å²) in [4.78, 5) is 29.6. The molecule has 1 atom stereocenters. The van der Waals surface area contributed by atoms with Crippen LogP contribution in [0.25, 0.3) is 0 Å². The number of aromatic nitrogens is 1. The maximum absolute atomic E-state index is 12.9. The molecule has 3 aromatic rings. The summed E-state index contributed by atoms with van der Waals surface area (Å²) in [6, 6.07) is 16.5. The summed E-state index contributed by atoms with van der Waals surface area (Å²) < 4.78 is 0. The molecule has 6 heteroatoms. The van der Waals surface area contributed by atoms with Crippen molar-refractivity contribution in [3.05, 3.63) is 88.1 Å². The Morgan fingerprint density at radius 1 is 0.969 bits per heavy atom. The molecule has 0 fully saturated rings. The predicted molar refractivity (Wildman–Crippen MR) is 130 cm³/mol. The Balaban J connectivity index is 1.71. The van der Waals surface area contributed by atoms with Crippen LogP contribution in [0.1, 0.15) is 53.7 Å². The molecule has 0 aliphatic heterocycles. The van der Waals surface area contributed by atoms with Gasteiger partial charge in [-0.25, -0.2) is 4.98 Å². The average molecular weight is 450 g/mol. The molecule has 5 nitrogen and oxygen atoms in total. The third-order valence-corrected chi connectivity index (χ3v) is 5.49. The summed E-state index contributed by atoms with van der Waals surface area (Å²) in [5.74, 6) is 0.151. The van der Waals surface area contributed by atoms with Crippen LogP contribution in [0.5, 0.6) is 0 Å². The molecule has 0 radical (unpaired) electrons. The highest BCUT2D eigenvalue weighted by Gasteiger charge is 2.18. The highest BCUT2D eigenvalue weighted by molar-refractivity contribution is 6.34. The lowest BCUT2D eigenvalue weighted by atomic mass is 9.96. The fourth-order valence-corrected chi connectivity index (χ4v) is 3.53. The van der Waals surface area contributed by atoms with E-state index in [4.69, 9.17) is 11.6 Å². The third-order valence-electron chi connectivity index (χ3n) is 5.16. The van der Waals surface area contributed by atoms with Gasteiger partial charge in [-0.1, -0.05) is 49.7 Å². The van der Waals surface area contributed by atoms with Gasteiger partial charge in [-0.3, -0.25) is 9.59 Å². The number of halogens is 1. The Bertz CT molecular complexity index is 1110. The molecule has 166 valence electrons. The molecule has 0 bridgehead atoms. The van der Waals surface area contributed by atoms with E-state index < -0.39 is 0 Å². The van der Waals surface area contributed by atoms with Crippen molar-refractivity contribution in [3.8, 4) is 0 Å². The minimum Gasteiger partial charge on any atom is -0.324 e. The maximum Gasteiger partial charge on any atom is 0.256 e. The van der Waals surface area contributed by atoms with Crippen LogP contribution in [0.2, 0.25) is 5.02 Å². The molecule has 0 saturated heterocycles. The van der Waals surface area contributed by atoms with Crippen LogP contribution in [-0.2, 0) is 11.2 Å². The zero-order valence-corrected chi connectivity index (χ0v) is 19.5. The molecule has 3 rings (SSSR count). The molecule has 1 heterocycles. The second kappa shape index (κ2) is 10.4. The van der Waals surface area contributed by atoms with Gasteiger partial charge in [-0.15, -0.1) is 0 Å². The number of amides is 2. The van der Waals surface area contributed by atoms with Crippen molar-refractivity contribution in [1.29, 1.82) is 0 Å². The van der Waals surface area contributed by atoms with E-state index in [1.165, 1.54) is 5.56 Å². The van der Waals surface area contributed by atoms with E-state index in [1.54, 1.807) is 30.5 Å². The molecule has 0 saturated carbocycles. The van der Waals surface area contributed by atoms with E-state index >= 15 is 0 Å². The van der Waals surface area contributed by atoms with Gasteiger partial charge >= 0.3 is 0 Å². The van der Waals surface area contributed by atoms with Crippen LogP contribution >= 0.6 is 11.6 Å². The van der Waals surface area contributed by atoms with Crippen LogP contribution in [-0.4, -0.2) is 16.8 Å². The average Bonchev–Trinajstić information content (AvgIpc) is 2.74. The number of nitrogens with one attached hydrogen (secondary N) is 2. The van der Waals surface area contributed by atoms with Crippen LogP contribution in [0.4, 0.5) is 11.5 Å². The number of rotatable bonds is 7. The summed E-state index contributed by atoms with van der Waals surface area (Å²) in [6.45, 7) is 8.13. The molecular formula is C26H28ClN3O2. The van der Waals surface area contributed by atoms with Crippen molar-refractivity contribution < 1.29 is 9.59 Å². The molecule has 0 aliphatic rings. The lowest BCUT2D eigenvalue weighted by Crippen LogP contribution is -2.20. The molecule has 0 aliphatic carbocycles. The second-order valence-electron chi connectivity index (χ2n) is 8.42. The van der Waals surface area contributed by atoms with Crippen molar-refractivity contribution in [2.24, 2.45) is 5.92 Å². The number of benzene rings is 2. The number of aryl methyl sites for hydroxylation is 1. The Morgan fingerprint density at radius 2 is 1.69 bits per heavy atom. The number of anilines is 2. The van der Waals surface area contributed by atoms with Crippen molar-refractivity contribution in [2.75, 3.05) is 10.6 Å². The lowest BCUT2D eigenvalue weighted by molar-refractivity contribution is -0.117. The van der Waals surface area contributed by atoms with Crippen molar-refractivity contribution in [1.82, 2.24) is 4.98 Å². The largest absolute Gasteiger partial charge is 0.324 e. The van der Waals surface area contributed by atoms with Crippen molar-refractivity contribution >= 4 is 34.9 Å². The number of pyridine rings is 1. The van der Waals surface area contributed by atoms with Gasteiger partial charge < -0.3 is 10.6 Å². The van der Waals surface area contributed by atoms with Crippen LogP contribution < -0.4 is 10.6 Å². The highest BCUT2D eigenvalue weighted by atomic mass is 35.5. The number of carbonyl (C=O) groups is 2. The van der Waals surface area contributed by atoms with Gasteiger partial charge in [-0.2, -0.15) is 0 Å². The summed E-state index contributed by atoms with van der Waals surface area (Å²) in [7, 11) is 0. The van der Waals surface area contributed by atoms with Gasteiger partial charge in [-0.05, 0) is 73.2 Å². The minimum atomic E-state index is -0.367. The number of hydrogen-bond donors (Lipinski definition) is 2. The Kier molecular flexibility index (Phi) is 7.65. The Labute approximate surface area is 194 Å². The fourth-order valence-electron chi connectivity index (χ4n) is 3.36. The Morgan fingerprint density at radius 3 is 2.34 bits per heavy atom. The zero-order valence-electron chi connectivity index (χ0n) is 18.8. The SMILES string of the molecule is Cc1ccnc(NC(=O)c2ccc(Cl)c(NC(=O)[C@H](C)c3ccc(CC(C)C)cc3)c2)c1. The van der Waals surface area contributed by atoms with Gasteiger partial charge in [0.1, 0.15) is 5.82 Å². The molecule has 32 heavy (non-hydrogen) atoms. The summed E-state index contributed by atoms with van der Waals surface area (Å²) >= 11 is 6.29. The smallest absolute Gasteiger partial charge is 0.256 e. The standard InChI is InChI=1S/C26H28ClN3O2/c1-16(2)13-19-5-7-20(8-6-19)18(4)25(31)29-23-15-21(9-10-22(23)27)26(32)30-24-14-17(3)11-12-28-24/h5-12,14-16,18H,13H2,1-4H3,(H,29,31)(H,28,30,32)/t18-/m1/s1. The number of hydrogen-bond acceptors (Lipinski definition) is 3. The van der Waals surface area contributed by atoms with E-state index in [-0.39, 0.29) is 17.7 Å². The quantitative estimate of drug-likeness (QED) is 0.448. The van der Waals surface area contributed by atoms with Gasteiger partial charge in [0.05, 0.1) is 16.6 Å². The predicted octanol–water partition coefficient (Wildman–Crippen LogP) is 6.24. The molecule has 0 unspecified atom stereocenters. The van der Waals surface area contributed by atoms with Crippen molar-refractivity contribution in [2.45, 2.75) is 40.0 Å². The molecule has 1 aromatic heterocycles. The summed E-state index contributed by atoms with van der Waals surface area (Å²) in [5.41, 5.74) is 3.93. The van der Waals surface area contributed by atoms with Crippen molar-refractivity contribution in [3.63, 3.8) is 0 Å². The van der Waals surface area contributed by atoms with E-state index in [0.29, 0.717) is 28.0 Å². The lowest BCUT2D eigenvalue weighted by Gasteiger charge is -2.15. The number of carbonyl (C=O) groups excluding carboxylic acids is 2. The van der Waals surface area contributed by atoms with E-state index in [0.717, 1.165) is 17.5 Å². The Hall–Kier alpha value is -3.18. The van der Waals surface area contributed by atoms with E-state index in [2.05, 4.69) is 41.6 Å². The monoisotopic (exact) mass is 449 g/mol. The van der Waals surface area contributed by atoms with Crippen LogP contribution in [0.15, 0.2) is 60.8 Å². The van der Waals surface area contributed by atoms with Gasteiger partial charge in [0.2, 0.25) is 5.91 Å². The van der Waals surface area contributed by atoms with E-state index in [9.17, 15) is 9.59 Å². The van der Waals surface area contributed by atoms with Gasteiger partial charge in [0, 0.05) is 11.8 Å². The second-order valence-corrected chi connectivity index (χ2v) is 8.82. The van der Waals surface area contributed by atoms with Gasteiger partial charge in [0.15, 0.2) is 0 Å².